The Labute approximate surface area is 183 Å². The van der Waals surface area contributed by atoms with Crippen LogP contribution in [0.2, 0.25) is 26.2 Å². The molecule has 1 heterocycles. The average molecular weight is 433 g/mol. The molecule has 0 bridgehead atoms. The molecular weight excluding hydrogens is 398 g/mol. The van der Waals surface area contributed by atoms with Crippen LogP contribution < -0.4 is 16.1 Å². The molecule has 1 amide bonds. The van der Waals surface area contributed by atoms with Crippen molar-refractivity contribution >= 4 is 37.5 Å². The molecule has 1 radical (unpaired) electrons. The van der Waals surface area contributed by atoms with Gasteiger partial charge < -0.3 is 0 Å². The van der Waals surface area contributed by atoms with Crippen molar-refractivity contribution in [2.24, 2.45) is 0 Å². The lowest BCUT2D eigenvalue weighted by molar-refractivity contribution is 0.0993. The minimum atomic E-state index is -1.68. The van der Waals surface area contributed by atoms with Gasteiger partial charge in [-0.3, -0.25) is 10.5 Å². The summed E-state index contributed by atoms with van der Waals surface area (Å²) < 4.78 is 0. The van der Waals surface area contributed by atoms with Gasteiger partial charge in [0, 0.05) is 5.56 Å². The third-order valence-corrected chi connectivity index (χ3v) is 25.7. The van der Waals surface area contributed by atoms with Gasteiger partial charge in [0.2, 0.25) is 0 Å². The largest absolute Gasteiger partial charge is 0.269 e. The molecule has 0 saturated heterocycles. The summed E-state index contributed by atoms with van der Waals surface area (Å²) in [5.41, 5.74) is 17.0. The lowest BCUT2D eigenvalue weighted by Gasteiger charge is -2.53. The van der Waals surface area contributed by atoms with Crippen molar-refractivity contribution in [3.8, 4) is 11.1 Å². The summed E-state index contributed by atoms with van der Waals surface area (Å²) >= 11 is 0. The van der Waals surface area contributed by atoms with Gasteiger partial charge >= 0.3 is 0 Å². The number of nitrogens with one attached hydrogen (secondary N) is 1. The molecule has 157 valence electrons. The summed E-state index contributed by atoms with van der Waals surface area (Å²) in [6.07, 6.45) is 4.51. The van der Waals surface area contributed by atoms with Crippen LogP contribution >= 0.6 is 0 Å². The highest BCUT2D eigenvalue weighted by molar-refractivity contribution is 7.57. The first-order valence-corrected chi connectivity index (χ1v) is 18.1. The van der Waals surface area contributed by atoms with E-state index >= 15 is 0 Å². The third kappa shape index (κ3) is 2.84. The van der Waals surface area contributed by atoms with E-state index in [1.165, 1.54) is 43.8 Å². The van der Waals surface area contributed by atoms with Gasteiger partial charge in [0.1, 0.15) is 0 Å². The molecule has 0 atom stereocenters. The van der Waals surface area contributed by atoms with Gasteiger partial charge in [-0.15, -0.1) is 0 Å². The van der Waals surface area contributed by atoms with Crippen LogP contribution in [0.3, 0.4) is 0 Å². The molecule has 2 aromatic rings. The predicted molar refractivity (Wildman–Crippen MR) is 134 cm³/mol. The van der Waals surface area contributed by atoms with Crippen molar-refractivity contribution in [1.82, 2.24) is 5.73 Å². The zero-order chi connectivity index (χ0) is 22.2. The van der Waals surface area contributed by atoms with Crippen LogP contribution in [0.4, 0.5) is 0 Å². The van der Waals surface area contributed by atoms with Crippen molar-refractivity contribution in [2.75, 3.05) is 0 Å². The van der Waals surface area contributed by atoms with Crippen molar-refractivity contribution in [2.45, 2.75) is 72.1 Å². The topological polar surface area (TPSA) is 40.9 Å². The number of carbonyl (C=O) groups excluding carboxylic acids is 1. The summed E-state index contributed by atoms with van der Waals surface area (Å²) in [4.78, 5) is 12.1. The van der Waals surface area contributed by atoms with Gasteiger partial charge in [0.05, 0.1) is 15.2 Å². The maximum absolute atomic E-state index is 12.1. The van der Waals surface area contributed by atoms with Gasteiger partial charge in [-0.2, -0.15) is 0 Å². The normalized spacial score (nSPS) is 18.3. The zero-order valence-corrected chi connectivity index (χ0v) is 21.7. The second kappa shape index (κ2) is 6.54. The SMILES string of the molecule is CCC1=Cc2cc(C(C)(C)C)cc(-c3ccc(C([NH])=O)c4c3[Si](C)(C)[Si]4(C)C)c2C1. The van der Waals surface area contributed by atoms with E-state index < -0.39 is 21.1 Å². The van der Waals surface area contributed by atoms with E-state index in [9.17, 15) is 4.79 Å². The number of benzene rings is 2. The van der Waals surface area contributed by atoms with Crippen LogP contribution in [0.1, 0.15) is 61.2 Å². The number of hydrogen-bond donors (Lipinski definition) is 0. The highest BCUT2D eigenvalue weighted by atomic mass is 29.3. The second-order valence-corrected chi connectivity index (χ2v) is 26.2. The molecule has 0 saturated carbocycles. The van der Waals surface area contributed by atoms with E-state index in [0.29, 0.717) is 5.56 Å². The van der Waals surface area contributed by atoms with Crippen LogP contribution in [-0.4, -0.2) is 21.1 Å². The molecule has 2 aromatic carbocycles. The summed E-state index contributed by atoms with van der Waals surface area (Å²) in [5.74, 6) is -0.522. The minimum Gasteiger partial charge on any atom is -0.267 e. The van der Waals surface area contributed by atoms with Crippen LogP contribution in [0, 0.1) is 0 Å². The molecule has 0 aromatic heterocycles. The first kappa shape index (κ1) is 21.3. The average Bonchev–Trinajstić information content (AvgIpc) is 3.08. The molecule has 1 aliphatic carbocycles. The van der Waals surface area contributed by atoms with Crippen molar-refractivity contribution in [3.05, 3.63) is 52.1 Å². The smallest absolute Gasteiger partial charge is 0.267 e. The number of hydrogen-bond acceptors (Lipinski definition) is 1. The highest BCUT2D eigenvalue weighted by Gasteiger charge is 2.57. The van der Waals surface area contributed by atoms with Crippen molar-refractivity contribution in [1.29, 1.82) is 0 Å². The number of fused-ring (bicyclic) bond motifs is 2. The van der Waals surface area contributed by atoms with Gasteiger partial charge in [-0.25, -0.2) is 0 Å². The van der Waals surface area contributed by atoms with Gasteiger partial charge in [-0.05, 0) is 57.3 Å². The second-order valence-electron chi connectivity index (χ2n) is 11.2. The maximum atomic E-state index is 12.1. The molecule has 4 rings (SSSR count). The van der Waals surface area contributed by atoms with E-state index in [0.717, 1.165) is 12.8 Å². The quantitative estimate of drug-likeness (QED) is 0.603. The summed E-state index contributed by atoms with van der Waals surface area (Å²) in [7, 11) is -3.32. The molecule has 0 spiro atoms. The molecule has 1 N–H and O–H groups in total. The first-order chi connectivity index (χ1) is 13.8. The molecule has 2 nitrogen and oxygen atoms in total. The Hall–Kier alpha value is -1.92. The van der Waals surface area contributed by atoms with Gasteiger partial charge in [-0.1, -0.05) is 88.9 Å². The molecule has 4 heteroatoms. The molecule has 0 fully saturated rings. The Morgan fingerprint density at radius 2 is 1.63 bits per heavy atom. The monoisotopic (exact) mass is 432 g/mol. The Kier molecular flexibility index (Phi) is 4.65. The molecular formula is C26H34NOSi2. The first-order valence-electron chi connectivity index (χ1n) is 11.1. The fraction of sp³-hybridized carbons (Fsp3) is 0.423. The predicted octanol–water partition coefficient (Wildman–Crippen LogP) is 5.35. The van der Waals surface area contributed by atoms with E-state index in [2.05, 4.69) is 78.2 Å². The lowest BCUT2D eigenvalue weighted by Crippen LogP contribution is -2.86. The standard InChI is InChI=1S/C26H34NOSi2/c1-9-16-12-17-14-18(26(2,3)4)15-22(21(17)13-16)19-10-11-20(25(27)28)24-23(19)29(5,6)30(24,7)8/h10-12,14-15,27H,9,13H2,1-8H3. The summed E-state index contributed by atoms with van der Waals surface area (Å²) in [6, 6.07) is 8.91. The molecule has 30 heavy (non-hydrogen) atoms. The van der Waals surface area contributed by atoms with E-state index in [1.54, 1.807) is 0 Å². The van der Waals surface area contributed by atoms with Crippen LogP contribution in [0.5, 0.6) is 0 Å². The number of amides is 1. The summed E-state index contributed by atoms with van der Waals surface area (Å²) in [5, 5.41) is 2.73. The minimum absolute atomic E-state index is 0.0811. The number of rotatable bonds is 3. The van der Waals surface area contributed by atoms with Crippen LogP contribution in [-0.2, 0) is 11.8 Å². The lowest BCUT2D eigenvalue weighted by atomic mass is 9.82. The Balaban J connectivity index is 2.04. The Bertz CT molecular complexity index is 1120. The molecule has 2 aliphatic rings. The Morgan fingerprint density at radius 1 is 1.00 bits per heavy atom. The van der Waals surface area contributed by atoms with Crippen LogP contribution in [0.15, 0.2) is 29.8 Å². The Morgan fingerprint density at radius 3 is 2.20 bits per heavy atom. The molecule has 1 aliphatic heterocycles. The summed E-state index contributed by atoms with van der Waals surface area (Å²) in [6.45, 7) is 18.9. The molecule has 0 unspecified atom stereocenters. The third-order valence-electron chi connectivity index (χ3n) is 7.92. The van der Waals surface area contributed by atoms with Gasteiger partial charge in [0.25, 0.3) is 5.91 Å². The van der Waals surface area contributed by atoms with Gasteiger partial charge in [0.15, 0.2) is 0 Å². The highest BCUT2D eigenvalue weighted by Crippen LogP contribution is 2.41. The van der Waals surface area contributed by atoms with E-state index in [1.807, 2.05) is 6.07 Å². The number of carbonyl (C=O) groups is 1. The fourth-order valence-electron chi connectivity index (χ4n) is 5.30. The number of allylic oxidation sites excluding steroid dienone is 1. The van der Waals surface area contributed by atoms with E-state index in [-0.39, 0.29) is 5.41 Å². The fourth-order valence-corrected chi connectivity index (χ4v) is 16.1. The van der Waals surface area contributed by atoms with Crippen molar-refractivity contribution in [3.63, 3.8) is 0 Å². The van der Waals surface area contributed by atoms with Crippen LogP contribution in [0.25, 0.3) is 17.2 Å². The van der Waals surface area contributed by atoms with Crippen molar-refractivity contribution < 1.29 is 4.79 Å². The zero-order valence-electron chi connectivity index (χ0n) is 19.7. The van der Waals surface area contributed by atoms with E-state index in [4.69, 9.17) is 5.73 Å². The maximum Gasteiger partial charge on any atom is 0.269 e.